The molecule has 12 heavy (non-hydrogen) atoms. The summed E-state index contributed by atoms with van der Waals surface area (Å²) in [5, 5.41) is 8.55. The van der Waals surface area contributed by atoms with Crippen LogP contribution in [0.25, 0.3) is 0 Å². The number of halogens is 1. The Morgan fingerprint density at radius 2 is 2.08 bits per heavy atom. The Kier molecular flexibility index (Phi) is 4.82. The minimum Gasteiger partial charge on any atom is -0.384 e. The monoisotopic (exact) mass is 183 g/mol. The van der Waals surface area contributed by atoms with Gasteiger partial charge in [-0.05, 0) is 12.1 Å². The molecule has 4 heteroatoms. The van der Waals surface area contributed by atoms with E-state index in [1.807, 2.05) is 19.9 Å². The van der Waals surface area contributed by atoms with E-state index in [-0.39, 0.29) is 5.15 Å². The van der Waals surface area contributed by atoms with Crippen LogP contribution in [0, 0.1) is 11.3 Å². The van der Waals surface area contributed by atoms with Crippen molar-refractivity contribution in [3.8, 4) is 6.07 Å². The summed E-state index contributed by atoms with van der Waals surface area (Å²) in [6, 6.07) is 4.94. The number of anilines is 1. The number of hydrogen-bond donors (Lipinski definition) is 1. The second-order valence-electron chi connectivity index (χ2n) is 1.69. The Hall–Kier alpha value is -1.27. The highest BCUT2D eigenvalue weighted by molar-refractivity contribution is 6.30. The van der Waals surface area contributed by atoms with Crippen LogP contribution in [-0.2, 0) is 0 Å². The van der Waals surface area contributed by atoms with Gasteiger partial charge in [-0.15, -0.1) is 0 Å². The maximum atomic E-state index is 8.39. The summed E-state index contributed by atoms with van der Waals surface area (Å²) in [5.41, 5.74) is 5.62. The predicted molar refractivity (Wildman–Crippen MR) is 49.7 cm³/mol. The molecule has 0 amide bonds. The van der Waals surface area contributed by atoms with Gasteiger partial charge in [0.15, 0.2) is 0 Å². The highest BCUT2D eigenvalue weighted by Gasteiger charge is 1.98. The fourth-order valence-corrected chi connectivity index (χ4v) is 0.735. The Bertz CT molecular complexity index is 291. The summed E-state index contributed by atoms with van der Waals surface area (Å²) in [6.45, 7) is 4.00. The van der Waals surface area contributed by atoms with Crippen molar-refractivity contribution in [2.45, 2.75) is 13.8 Å². The van der Waals surface area contributed by atoms with Crippen molar-refractivity contribution in [1.29, 1.82) is 5.26 Å². The molecule has 0 unspecified atom stereocenters. The first-order valence-corrected chi connectivity index (χ1v) is 3.94. The molecule has 1 rings (SSSR count). The molecule has 0 saturated carbocycles. The van der Waals surface area contributed by atoms with Gasteiger partial charge in [-0.2, -0.15) is 5.26 Å². The molecule has 0 aliphatic carbocycles. The molecule has 0 fully saturated rings. The normalized spacial score (nSPS) is 7.83. The van der Waals surface area contributed by atoms with E-state index < -0.39 is 0 Å². The molecule has 1 aromatic heterocycles. The third-order valence-corrected chi connectivity index (χ3v) is 1.28. The molecule has 0 spiro atoms. The van der Waals surface area contributed by atoms with E-state index >= 15 is 0 Å². The average molecular weight is 184 g/mol. The molecule has 0 saturated heterocycles. The Labute approximate surface area is 76.8 Å². The van der Waals surface area contributed by atoms with E-state index in [1.54, 1.807) is 0 Å². The van der Waals surface area contributed by atoms with Crippen LogP contribution >= 0.6 is 11.6 Å². The smallest absolute Gasteiger partial charge is 0.149 e. The zero-order valence-electron chi connectivity index (χ0n) is 7.00. The summed E-state index contributed by atoms with van der Waals surface area (Å²) in [6.07, 6.45) is 0. The van der Waals surface area contributed by atoms with Crippen LogP contribution in [-0.4, -0.2) is 4.98 Å². The van der Waals surface area contributed by atoms with Crippen LogP contribution in [0.3, 0.4) is 0 Å². The lowest BCUT2D eigenvalue weighted by Crippen LogP contribution is -1.90. The fourth-order valence-electron chi connectivity index (χ4n) is 0.532. The van der Waals surface area contributed by atoms with Gasteiger partial charge in [0.25, 0.3) is 0 Å². The lowest BCUT2D eigenvalue weighted by Gasteiger charge is -1.93. The Morgan fingerprint density at radius 1 is 1.50 bits per heavy atom. The number of nitrogens with zero attached hydrogens (tertiary/aromatic N) is 2. The predicted octanol–water partition coefficient (Wildman–Crippen LogP) is 2.22. The molecular weight excluding hydrogens is 174 g/mol. The highest BCUT2D eigenvalue weighted by Crippen LogP contribution is 2.12. The molecule has 0 bridgehead atoms. The molecule has 1 aromatic rings. The third kappa shape index (κ3) is 2.77. The van der Waals surface area contributed by atoms with Gasteiger partial charge in [-0.1, -0.05) is 25.4 Å². The van der Waals surface area contributed by atoms with Crippen molar-refractivity contribution < 1.29 is 0 Å². The zero-order valence-corrected chi connectivity index (χ0v) is 7.76. The number of nitriles is 1. The van der Waals surface area contributed by atoms with E-state index in [0.29, 0.717) is 11.4 Å². The maximum Gasteiger partial charge on any atom is 0.149 e. The van der Waals surface area contributed by atoms with E-state index in [0.717, 1.165) is 0 Å². The van der Waals surface area contributed by atoms with Gasteiger partial charge in [-0.3, -0.25) is 0 Å². The van der Waals surface area contributed by atoms with Crippen molar-refractivity contribution in [3.05, 3.63) is 22.8 Å². The fraction of sp³-hybridized carbons (Fsp3) is 0.250. The molecule has 0 aliphatic rings. The highest BCUT2D eigenvalue weighted by atomic mass is 35.5. The second-order valence-corrected chi connectivity index (χ2v) is 2.04. The molecule has 0 aromatic carbocycles. The topological polar surface area (TPSA) is 62.7 Å². The average Bonchev–Trinajstić information content (AvgIpc) is 2.08. The van der Waals surface area contributed by atoms with Gasteiger partial charge < -0.3 is 5.73 Å². The summed E-state index contributed by atoms with van der Waals surface area (Å²) < 4.78 is 0. The van der Waals surface area contributed by atoms with Crippen molar-refractivity contribution in [2.75, 3.05) is 5.73 Å². The molecular formula is C8H10ClN3. The van der Waals surface area contributed by atoms with Crippen LogP contribution in [0.2, 0.25) is 5.15 Å². The number of rotatable bonds is 0. The standard InChI is InChI=1S/C6H4ClN3.C2H6/c7-6-4(3-8)1-2-5(9)10-6;1-2/h1-2H,(H2,9,10);1-2H3. The van der Waals surface area contributed by atoms with Gasteiger partial charge in [0, 0.05) is 0 Å². The maximum absolute atomic E-state index is 8.39. The third-order valence-electron chi connectivity index (χ3n) is 0.991. The molecule has 2 N–H and O–H groups in total. The Morgan fingerprint density at radius 3 is 2.50 bits per heavy atom. The number of nitrogen functional groups attached to an aromatic ring is 1. The van der Waals surface area contributed by atoms with Crippen LogP contribution in [0.4, 0.5) is 5.82 Å². The quantitative estimate of drug-likeness (QED) is 0.628. The lowest BCUT2D eigenvalue weighted by atomic mass is 10.3. The minimum atomic E-state index is 0.155. The molecule has 64 valence electrons. The van der Waals surface area contributed by atoms with Crippen molar-refractivity contribution >= 4 is 17.4 Å². The lowest BCUT2D eigenvalue weighted by molar-refractivity contribution is 1.31. The van der Waals surface area contributed by atoms with E-state index in [2.05, 4.69) is 4.98 Å². The van der Waals surface area contributed by atoms with E-state index in [1.165, 1.54) is 12.1 Å². The SMILES string of the molecule is CC.N#Cc1ccc(N)nc1Cl. The number of hydrogen-bond acceptors (Lipinski definition) is 3. The first-order chi connectivity index (χ1) is 5.74. The first kappa shape index (κ1) is 10.7. The second kappa shape index (κ2) is 5.39. The van der Waals surface area contributed by atoms with Gasteiger partial charge >= 0.3 is 0 Å². The summed E-state index contributed by atoms with van der Waals surface area (Å²) in [4.78, 5) is 3.67. The van der Waals surface area contributed by atoms with E-state index in [4.69, 9.17) is 22.6 Å². The van der Waals surface area contributed by atoms with Crippen molar-refractivity contribution in [2.24, 2.45) is 0 Å². The van der Waals surface area contributed by atoms with Gasteiger partial charge in [0.1, 0.15) is 17.0 Å². The van der Waals surface area contributed by atoms with Gasteiger partial charge in [0.05, 0.1) is 5.56 Å². The van der Waals surface area contributed by atoms with Crippen LogP contribution in [0.5, 0.6) is 0 Å². The molecule has 0 aliphatic heterocycles. The number of pyridine rings is 1. The number of aromatic nitrogens is 1. The van der Waals surface area contributed by atoms with Gasteiger partial charge in [-0.25, -0.2) is 4.98 Å². The number of nitrogens with two attached hydrogens (primary N) is 1. The largest absolute Gasteiger partial charge is 0.384 e. The zero-order chi connectivity index (χ0) is 9.56. The minimum absolute atomic E-state index is 0.155. The Balaban J connectivity index is 0.000000561. The van der Waals surface area contributed by atoms with Crippen LogP contribution < -0.4 is 5.73 Å². The molecule has 3 nitrogen and oxygen atoms in total. The summed E-state index contributed by atoms with van der Waals surface area (Å²) >= 11 is 5.52. The first-order valence-electron chi connectivity index (χ1n) is 3.56. The summed E-state index contributed by atoms with van der Waals surface area (Å²) in [7, 11) is 0. The van der Waals surface area contributed by atoms with Crippen LogP contribution in [0.1, 0.15) is 19.4 Å². The van der Waals surface area contributed by atoms with Crippen molar-refractivity contribution in [1.82, 2.24) is 4.98 Å². The molecule has 0 radical (unpaired) electrons. The summed E-state index contributed by atoms with van der Waals surface area (Å²) in [5.74, 6) is 0.323. The van der Waals surface area contributed by atoms with Gasteiger partial charge in [0.2, 0.25) is 0 Å². The van der Waals surface area contributed by atoms with Crippen LogP contribution in [0.15, 0.2) is 12.1 Å². The molecule has 0 atom stereocenters. The van der Waals surface area contributed by atoms with Crippen molar-refractivity contribution in [3.63, 3.8) is 0 Å². The molecule has 1 heterocycles. The van der Waals surface area contributed by atoms with E-state index in [9.17, 15) is 0 Å².